The number of rotatable bonds is 5. The lowest BCUT2D eigenvalue weighted by Gasteiger charge is -2.39. The van der Waals surface area contributed by atoms with Gasteiger partial charge in [-0.2, -0.15) is 0 Å². The van der Waals surface area contributed by atoms with Gasteiger partial charge in [0.05, 0.1) is 13.7 Å². The second-order valence-corrected chi connectivity index (χ2v) is 7.85. The number of nitrogens with one attached hydrogen (secondary N) is 1. The van der Waals surface area contributed by atoms with Gasteiger partial charge in [0, 0.05) is 36.1 Å². The average Bonchev–Trinajstić information content (AvgIpc) is 2.89. The lowest BCUT2D eigenvalue weighted by Crippen LogP contribution is -2.50. The molecule has 4 aromatic rings. The third kappa shape index (κ3) is 3.94. The highest BCUT2D eigenvalue weighted by Crippen LogP contribution is 2.41. The lowest BCUT2D eigenvalue weighted by atomic mass is 9.80. The van der Waals surface area contributed by atoms with Gasteiger partial charge in [-0.15, -0.1) is 0 Å². The summed E-state index contributed by atoms with van der Waals surface area (Å²) >= 11 is 0. The summed E-state index contributed by atoms with van der Waals surface area (Å²) in [6.45, 7) is 0.399. The maximum absolute atomic E-state index is 13.4. The van der Waals surface area contributed by atoms with Crippen LogP contribution in [-0.2, 0) is 5.54 Å². The summed E-state index contributed by atoms with van der Waals surface area (Å²) < 4.78 is 24.2. The Morgan fingerprint density at radius 3 is 2.44 bits per heavy atom. The first kappa shape index (κ1) is 21.5. The van der Waals surface area contributed by atoms with Crippen LogP contribution >= 0.6 is 0 Å². The monoisotopic (exact) mass is 456 g/mol. The SMILES string of the molecule is COc1ncc(-c2ccc([C@@]3(NC(=O)c4ccc(F)cc4)CCOc4cccnc43)cc2)cn1. The van der Waals surface area contributed by atoms with E-state index in [1.54, 1.807) is 24.7 Å². The summed E-state index contributed by atoms with van der Waals surface area (Å²) in [5.74, 6) is -0.116. The molecule has 0 fully saturated rings. The Balaban J connectivity index is 1.55. The molecule has 1 aliphatic heterocycles. The molecule has 0 unspecified atom stereocenters. The van der Waals surface area contributed by atoms with Gasteiger partial charge in [-0.3, -0.25) is 9.78 Å². The zero-order valence-corrected chi connectivity index (χ0v) is 18.4. The van der Waals surface area contributed by atoms with E-state index in [1.165, 1.54) is 31.4 Å². The number of carbonyl (C=O) groups is 1. The quantitative estimate of drug-likeness (QED) is 0.486. The zero-order valence-electron chi connectivity index (χ0n) is 18.4. The maximum Gasteiger partial charge on any atom is 0.316 e. The van der Waals surface area contributed by atoms with E-state index < -0.39 is 11.4 Å². The molecule has 0 radical (unpaired) electrons. The standard InChI is InChI=1S/C26H21FN4O3/c1-33-25-29-15-19(16-30-25)17-4-8-20(9-5-17)26(12-14-34-22-3-2-13-28-23(22)26)31-24(32)18-6-10-21(27)11-7-18/h2-11,13,15-16H,12,14H2,1H3,(H,31,32)/t26-/m0/s1. The van der Waals surface area contributed by atoms with Crippen LogP contribution < -0.4 is 14.8 Å². The second kappa shape index (κ2) is 8.90. The van der Waals surface area contributed by atoms with Gasteiger partial charge in [-0.1, -0.05) is 24.3 Å². The number of nitrogens with zero attached hydrogens (tertiary/aromatic N) is 3. The summed E-state index contributed by atoms with van der Waals surface area (Å²) in [6.07, 6.45) is 5.54. The number of ether oxygens (including phenoxy) is 2. The first-order valence-electron chi connectivity index (χ1n) is 10.7. The van der Waals surface area contributed by atoms with Crippen molar-refractivity contribution in [3.8, 4) is 22.9 Å². The van der Waals surface area contributed by atoms with Crippen LogP contribution in [0.2, 0.25) is 0 Å². The molecule has 2 aromatic heterocycles. The molecular formula is C26H21FN4O3. The molecule has 8 heteroatoms. The molecule has 0 spiro atoms. The van der Waals surface area contributed by atoms with Crippen molar-refractivity contribution in [3.05, 3.63) is 102 Å². The van der Waals surface area contributed by atoms with E-state index in [1.807, 2.05) is 30.3 Å². The molecular weight excluding hydrogens is 435 g/mol. The largest absolute Gasteiger partial charge is 0.491 e. The van der Waals surface area contributed by atoms with Gasteiger partial charge in [-0.05, 0) is 47.5 Å². The number of hydrogen-bond acceptors (Lipinski definition) is 6. The van der Waals surface area contributed by atoms with Crippen molar-refractivity contribution in [2.45, 2.75) is 12.0 Å². The summed E-state index contributed by atoms with van der Waals surface area (Å²) in [6, 6.07) is 17.2. The van der Waals surface area contributed by atoms with Gasteiger partial charge >= 0.3 is 6.01 Å². The van der Waals surface area contributed by atoms with Crippen LogP contribution in [0.1, 0.15) is 28.0 Å². The third-order valence-corrected chi connectivity index (χ3v) is 5.86. The summed E-state index contributed by atoms with van der Waals surface area (Å²) in [4.78, 5) is 26.1. The number of aromatic nitrogens is 3. The molecule has 7 nitrogen and oxygen atoms in total. The van der Waals surface area contributed by atoms with Crippen molar-refractivity contribution < 1.29 is 18.7 Å². The normalized spacial score (nSPS) is 16.8. The van der Waals surface area contributed by atoms with Gasteiger partial charge in [0.15, 0.2) is 0 Å². The molecule has 0 saturated heterocycles. The van der Waals surface area contributed by atoms with Crippen molar-refractivity contribution in [1.29, 1.82) is 0 Å². The summed E-state index contributed by atoms with van der Waals surface area (Å²) in [5, 5.41) is 3.17. The number of amides is 1. The van der Waals surface area contributed by atoms with E-state index in [2.05, 4.69) is 20.3 Å². The number of carbonyl (C=O) groups excluding carboxylic acids is 1. The minimum Gasteiger partial charge on any atom is -0.491 e. The first-order chi connectivity index (χ1) is 16.6. The molecule has 5 rings (SSSR count). The van der Waals surface area contributed by atoms with Crippen LogP contribution in [0.25, 0.3) is 11.1 Å². The Morgan fingerprint density at radius 2 is 1.74 bits per heavy atom. The lowest BCUT2D eigenvalue weighted by molar-refractivity contribution is 0.0883. The number of pyridine rings is 1. The number of fused-ring (bicyclic) bond motifs is 1. The fourth-order valence-electron chi connectivity index (χ4n) is 4.12. The highest BCUT2D eigenvalue weighted by molar-refractivity contribution is 5.95. The predicted octanol–water partition coefficient (Wildman–Crippen LogP) is 4.14. The van der Waals surface area contributed by atoms with E-state index in [9.17, 15) is 9.18 Å². The molecule has 0 bridgehead atoms. The molecule has 1 N–H and O–H groups in total. The molecule has 2 aromatic carbocycles. The smallest absolute Gasteiger partial charge is 0.316 e. The van der Waals surface area contributed by atoms with Crippen molar-refractivity contribution in [3.63, 3.8) is 0 Å². The minimum atomic E-state index is -0.921. The Morgan fingerprint density at radius 1 is 1.00 bits per heavy atom. The van der Waals surface area contributed by atoms with E-state index in [0.717, 1.165) is 16.7 Å². The Kier molecular flexibility index (Phi) is 5.63. The van der Waals surface area contributed by atoms with Gasteiger partial charge in [0.2, 0.25) is 0 Å². The predicted molar refractivity (Wildman–Crippen MR) is 123 cm³/mol. The fraction of sp³-hybridized carbons (Fsp3) is 0.154. The van der Waals surface area contributed by atoms with Crippen LogP contribution in [0, 0.1) is 5.82 Å². The minimum absolute atomic E-state index is 0.299. The van der Waals surface area contributed by atoms with Gasteiger partial charge in [0.1, 0.15) is 22.8 Å². The summed E-state index contributed by atoms with van der Waals surface area (Å²) in [5.41, 5.74) is 2.66. The molecule has 3 heterocycles. The third-order valence-electron chi connectivity index (χ3n) is 5.86. The molecule has 1 amide bonds. The highest BCUT2D eigenvalue weighted by Gasteiger charge is 2.42. The van der Waals surface area contributed by atoms with Crippen molar-refractivity contribution in [2.24, 2.45) is 0 Å². The van der Waals surface area contributed by atoms with Gasteiger partial charge < -0.3 is 14.8 Å². The number of benzene rings is 2. The Hall–Kier alpha value is -4.33. The Bertz CT molecular complexity index is 1310. The van der Waals surface area contributed by atoms with Crippen molar-refractivity contribution >= 4 is 5.91 Å². The van der Waals surface area contributed by atoms with Crippen LogP contribution in [0.4, 0.5) is 4.39 Å². The molecule has 1 atom stereocenters. The highest BCUT2D eigenvalue weighted by atomic mass is 19.1. The topological polar surface area (TPSA) is 86.2 Å². The number of methoxy groups -OCH3 is 1. The van der Waals surface area contributed by atoms with Gasteiger partial charge in [-0.25, -0.2) is 14.4 Å². The van der Waals surface area contributed by atoms with Crippen LogP contribution in [0.5, 0.6) is 11.8 Å². The maximum atomic E-state index is 13.4. The molecule has 170 valence electrons. The van der Waals surface area contributed by atoms with Crippen LogP contribution in [0.15, 0.2) is 79.3 Å². The van der Waals surface area contributed by atoms with Crippen molar-refractivity contribution in [1.82, 2.24) is 20.3 Å². The van der Waals surface area contributed by atoms with E-state index in [-0.39, 0.29) is 5.91 Å². The zero-order chi connectivity index (χ0) is 23.5. The van der Waals surface area contributed by atoms with E-state index in [4.69, 9.17) is 9.47 Å². The number of halogens is 1. The fourth-order valence-corrected chi connectivity index (χ4v) is 4.12. The van der Waals surface area contributed by atoms with Gasteiger partial charge in [0.25, 0.3) is 5.91 Å². The van der Waals surface area contributed by atoms with Crippen LogP contribution in [0.3, 0.4) is 0 Å². The summed E-state index contributed by atoms with van der Waals surface area (Å²) in [7, 11) is 1.52. The van der Waals surface area contributed by atoms with E-state index >= 15 is 0 Å². The van der Waals surface area contributed by atoms with Crippen molar-refractivity contribution in [2.75, 3.05) is 13.7 Å². The molecule has 0 saturated carbocycles. The number of hydrogen-bond donors (Lipinski definition) is 1. The second-order valence-electron chi connectivity index (χ2n) is 7.85. The molecule has 0 aliphatic carbocycles. The van der Waals surface area contributed by atoms with E-state index in [0.29, 0.717) is 36.0 Å². The molecule has 1 aliphatic rings. The first-order valence-corrected chi connectivity index (χ1v) is 10.7. The average molecular weight is 456 g/mol. The van der Waals surface area contributed by atoms with Crippen LogP contribution in [-0.4, -0.2) is 34.6 Å². The molecule has 34 heavy (non-hydrogen) atoms. The Labute approximate surface area is 195 Å².